The number of carbonyl (C=O) groups is 1. The number of nitrogens with one attached hydrogen (secondary N) is 1. The van der Waals surface area contributed by atoms with E-state index in [0.717, 1.165) is 0 Å². The molecule has 0 saturated heterocycles. The number of rotatable bonds is 0. The van der Waals surface area contributed by atoms with Crippen LogP contribution in [0.1, 0.15) is 0 Å². The molecule has 1 rings (SSSR count). The molecule has 0 aromatic rings. The van der Waals surface area contributed by atoms with Crippen molar-refractivity contribution in [2.24, 2.45) is 0 Å². The average Bonchev–Trinajstić information content (AvgIpc) is 2.12. The van der Waals surface area contributed by atoms with E-state index in [1.807, 2.05) is 0 Å². The number of carbonyl (C=O) groups excluding carboxylic acids is 1. The number of hydrogen-bond donors (Lipinski definition) is 1. The summed E-state index contributed by atoms with van der Waals surface area (Å²) in [7, 11) is 0. The quantitative estimate of drug-likeness (QED) is 0.329. The van der Waals surface area contributed by atoms with Crippen LogP contribution in [0.4, 0.5) is 4.79 Å². The fraction of sp³-hybridized carbons (Fsp3) is 0. The molecule has 5 nitrogen and oxygen atoms in total. The van der Waals surface area contributed by atoms with Gasteiger partial charge >= 0.3 is 18.9 Å². The molecule has 1 heterocycles. The molecule has 0 aliphatic carbocycles. The van der Waals surface area contributed by atoms with Crippen LogP contribution in [0.25, 0.3) is 0 Å². The van der Waals surface area contributed by atoms with Crippen molar-refractivity contribution in [2.45, 2.75) is 0 Å². The zero-order valence-electron chi connectivity index (χ0n) is 4.83. The minimum atomic E-state index is -1.42. The van der Waals surface area contributed by atoms with E-state index in [1.165, 1.54) is 12.5 Å². The van der Waals surface area contributed by atoms with Gasteiger partial charge in [0, 0.05) is 0 Å². The summed E-state index contributed by atoms with van der Waals surface area (Å²) in [5.41, 5.74) is 2.22. The molecule has 0 fully saturated rings. The van der Waals surface area contributed by atoms with Gasteiger partial charge in [0.2, 0.25) is 0 Å². The molecule has 44 valence electrons. The van der Waals surface area contributed by atoms with Gasteiger partial charge in [-0.3, -0.25) is 5.43 Å². The van der Waals surface area contributed by atoms with E-state index in [1.54, 1.807) is 0 Å². The van der Waals surface area contributed by atoms with Crippen LogP contribution < -0.4 is 29.4 Å². The van der Waals surface area contributed by atoms with Crippen LogP contribution in [-0.4, -0.2) is 11.3 Å². The minimum Gasteiger partial charge on any atom is -0.526 e. The van der Waals surface area contributed by atoms with Gasteiger partial charge in [-0.05, 0) is 0 Å². The maximum absolute atomic E-state index is 9.79. The first-order valence-corrected chi connectivity index (χ1v) is 1.90. The van der Waals surface area contributed by atoms with E-state index in [4.69, 9.17) is 0 Å². The van der Waals surface area contributed by atoms with Gasteiger partial charge in [0.05, 0.1) is 6.20 Å². The molecule has 1 amide bonds. The first-order valence-electron chi connectivity index (χ1n) is 1.90. The standard InChI is InChI=1S/C3H4N2O3.Li/c6-3(7)5-4-1-2-8-5;/h1-2,4H,(H,6,7);/q;+1/p-1. The van der Waals surface area contributed by atoms with Gasteiger partial charge in [-0.2, -0.15) is 0 Å². The molecule has 0 saturated carbocycles. The number of amides is 1. The summed E-state index contributed by atoms with van der Waals surface area (Å²) in [6.45, 7) is 0. The summed E-state index contributed by atoms with van der Waals surface area (Å²) < 4.78 is 0. The van der Waals surface area contributed by atoms with Crippen LogP contribution in [0.15, 0.2) is 12.5 Å². The van der Waals surface area contributed by atoms with E-state index >= 15 is 0 Å². The molecule has 0 aromatic carbocycles. The van der Waals surface area contributed by atoms with Crippen molar-refractivity contribution in [3.8, 4) is 0 Å². The Bertz CT molecular complexity index is 129. The molecule has 1 aliphatic heterocycles. The van der Waals surface area contributed by atoms with Gasteiger partial charge in [-0.1, -0.05) is 0 Å². The molecule has 0 spiro atoms. The Morgan fingerprint density at radius 3 is 2.67 bits per heavy atom. The molecule has 1 aliphatic rings. The van der Waals surface area contributed by atoms with Crippen LogP contribution in [0, 0.1) is 0 Å². The van der Waals surface area contributed by atoms with E-state index in [2.05, 4.69) is 10.3 Å². The number of carboxylic acid groups (broad SMARTS) is 1. The van der Waals surface area contributed by atoms with Crippen molar-refractivity contribution < 1.29 is 33.6 Å². The smallest absolute Gasteiger partial charge is 0.526 e. The zero-order chi connectivity index (χ0) is 5.98. The van der Waals surface area contributed by atoms with E-state index in [-0.39, 0.29) is 18.9 Å². The normalized spacial score (nSPS) is 13.6. The summed E-state index contributed by atoms with van der Waals surface area (Å²) in [6, 6.07) is 0. The van der Waals surface area contributed by atoms with Crippen LogP contribution >= 0.6 is 0 Å². The van der Waals surface area contributed by atoms with Crippen molar-refractivity contribution in [3.63, 3.8) is 0 Å². The Labute approximate surface area is 63.4 Å². The van der Waals surface area contributed by atoms with Gasteiger partial charge < -0.3 is 14.7 Å². The summed E-state index contributed by atoms with van der Waals surface area (Å²) in [5, 5.41) is 10.3. The molecule has 0 radical (unpaired) electrons. The summed E-state index contributed by atoms with van der Waals surface area (Å²) >= 11 is 0. The molecule has 1 N–H and O–H groups in total. The first kappa shape index (κ1) is 8.21. The molecule has 0 aromatic heterocycles. The summed E-state index contributed by atoms with van der Waals surface area (Å²) in [5.74, 6) is 0. The Morgan fingerprint density at radius 1 is 1.78 bits per heavy atom. The van der Waals surface area contributed by atoms with Gasteiger partial charge in [-0.25, -0.2) is 0 Å². The van der Waals surface area contributed by atoms with E-state index in [0.29, 0.717) is 5.17 Å². The zero-order valence-corrected chi connectivity index (χ0v) is 4.83. The van der Waals surface area contributed by atoms with Crippen LogP contribution in [0.2, 0.25) is 0 Å². The molecule has 6 heteroatoms. The van der Waals surface area contributed by atoms with Crippen molar-refractivity contribution in [1.82, 2.24) is 10.6 Å². The van der Waals surface area contributed by atoms with Gasteiger partial charge in [0.15, 0.2) is 6.09 Å². The van der Waals surface area contributed by atoms with Crippen molar-refractivity contribution in [1.29, 1.82) is 0 Å². The third-order valence-corrected chi connectivity index (χ3v) is 0.592. The third-order valence-electron chi connectivity index (χ3n) is 0.592. The van der Waals surface area contributed by atoms with Crippen LogP contribution in [0.3, 0.4) is 0 Å². The van der Waals surface area contributed by atoms with Crippen LogP contribution in [-0.2, 0) is 4.84 Å². The average molecular weight is 122 g/mol. The minimum absolute atomic E-state index is 0. The maximum Gasteiger partial charge on any atom is 1.00 e. The molecular formula is C3H3LiN2O3. The van der Waals surface area contributed by atoms with E-state index in [9.17, 15) is 9.90 Å². The van der Waals surface area contributed by atoms with Gasteiger partial charge in [0.25, 0.3) is 0 Å². The number of hydrazine groups is 1. The fourth-order valence-electron chi connectivity index (χ4n) is 0.316. The largest absolute Gasteiger partial charge is 1.00 e. The Morgan fingerprint density at radius 2 is 2.44 bits per heavy atom. The first-order chi connectivity index (χ1) is 3.80. The van der Waals surface area contributed by atoms with Crippen molar-refractivity contribution in [2.75, 3.05) is 0 Å². The summed E-state index contributed by atoms with van der Waals surface area (Å²) in [4.78, 5) is 14.1. The third kappa shape index (κ3) is 1.88. The fourth-order valence-corrected chi connectivity index (χ4v) is 0.316. The number of nitrogens with zero attached hydrogens (tertiary/aromatic N) is 1. The Balaban J connectivity index is 0.000000640. The second-order valence-corrected chi connectivity index (χ2v) is 1.10. The van der Waals surface area contributed by atoms with Gasteiger partial charge in [-0.15, -0.1) is 5.17 Å². The topological polar surface area (TPSA) is 64.6 Å². The monoisotopic (exact) mass is 122 g/mol. The Hall–Kier alpha value is -0.793. The van der Waals surface area contributed by atoms with E-state index < -0.39 is 6.09 Å². The van der Waals surface area contributed by atoms with Crippen LogP contribution in [0.5, 0.6) is 0 Å². The SMILES string of the molecule is O=C([O-])N1NC=CO1.[Li+]. The molecular weight excluding hydrogens is 119 g/mol. The Kier molecular flexibility index (Phi) is 2.99. The molecule has 0 unspecified atom stereocenters. The molecule has 9 heavy (non-hydrogen) atoms. The second kappa shape index (κ2) is 3.28. The predicted molar refractivity (Wildman–Crippen MR) is 20.6 cm³/mol. The molecule has 0 bridgehead atoms. The van der Waals surface area contributed by atoms with Crippen molar-refractivity contribution in [3.05, 3.63) is 12.5 Å². The number of hydroxylamine groups is 1. The predicted octanol–water partition coefficient (Wildman–Crippen LogP) is -4.44. The maximum atomic E-state index is 9.79. The van der Waals surface area contributed by atoms with Gasteiger partial charge in [0.1, 0.15) is 6.26 Å². The number of hydrogen-bond acceptors (Lipinski definition) is 4. The van der Waals surface area contributed by atoms with Crippen molar-refractivity contribution >= 4 is 6.09 Å². The second-order valence-electron chi connectivity index (χ2n) is 1.10. The molecule has 0 atom stereocenters. The summed E-state index contributed by atoms with van der Waals surface area (Å²) in [6.07, 6.45) is 1.10.